The van der Waals surface area contributed by atoms with Crippen molar-refractivity contribution in [2.45, 2.75) is 26.4 Å². The van der Waals surface area contributed by atoms with E-state index in [2.05, 4.69) is 34.4 Å². The van der Waals surface area contributed by atoms with Gasteiger partial charge in [0.25, 0.3) is 0 Å². The Balaban J connectivity index is 1.66. The van der Waals surface area contributed by atoms with Crippen LogP contribution in [0.3, 0.4) is 0 Å². The molecule has 0 aliphatic heterocycles. The molecule has 7 nitrogen and oxygen atoms in total. The van der Waals surface area contributed by atoms with Gasteiger partial charge < -0.3 is 19.9 Å². The van der Waals surface area contributed by atoms with Crippen LogP contribution in [0.15, 0.2) is 60.9 Å². The Morgan fingerprint density at radius 3 is 2.45 bits per heavy atom. The summed E-state index contributed by atoms with van der Waals surface area (Å²) >= 11 is 0. The van der Waals surface area contributed by atoms with Crippen molar-refractivity contribution in [1.29, 1.82) is 0 Å². The van der Waals surface area contributed by atoms with Crippen LogP contribution in [0.1, 0.15) is 25.5 Å². The first-order chi connectivity index (χ1) is 14.1. The van der Waals surface area contributed by atoms with Gasteiger partial charge in [-0.05, 0) is 43.7 Å². The molecule has 0 spiro atoms. The zero-order valence-electron chi connectivity index (χ0n) is 16.8. The second kappa shape index (κ2) is 8.18. The van der Waals surface area contributed by atoms with Gasteiger partial charge in [-0.3, -0.25) is 0 Å². The Morgan fingerprint density at radius 1 is 1.00 bits per heavy atom. The number of rotatable bonds is 7. The SMILES string of the molecule is COc1ccc(CNc2nc(Nc3ccccc3)nc3c2ncn3C(C)C)cc1. The molecular formula is C22H24N6O. The van der Waals surface area contributed by atoms with Crippen LogP contribution in [0, 0.1) is 0 Å². The summed E-state index contributed by atoms with van der Waals surface area (Å²) in [7, 11) is 1.66. The van der Waals surface area contributed by atoms with Crippen LogP contribution >= 0.6 is 0 Å². The highest BCUT2D eigenvalue weighted by Gasteiger charge is 2.15. The molecule has 2 aromatic heterocycles. The average molecular weight is 388 g/mol. The molecule has 4 rings (SSSR count). The Labute approximate surface area is 169 Å². The number of nitrogens with zero attached hydrogens (tertiary/aromatic N) is 4. The standard InChI is InChI=1S/C22H24N6O/c1-15(2)28-14-24-19-20(23-13-16-9-11-18(29-3)12-10-16)26-22(27-21(19)28)25-17-7-5-4-6-8-17/h4-12,14-15H,13H2,1-3H3,(H2,23,25,26,27). The Kier molecular flexibility index (Phi) is 5.29. The van der Waals surface area contributed by atoms with Crippen LogP contribution in [0.4, 0.5) is 17.5 Å². The minimum absolute atomic E-state index is 0.244. The van der Waals surface area contributed by atoms with Crippen LogP contribution in [0.25, 0.3) is 11.2 Å². The van der Waals surface area contributed by atoms with Crippen LogP contribution in [-0.4, -0.2) is 26.6 Å². The van der Waals surface area contributed by atoms with Gasteiger partial charge in [0.15, 0.2) is 17.0 Å². The minimum atomic E-state index is 0.244. The van der Waals surface area contributed by atoms with E-state index in [0.29, 0.717) is 18.3 Å². The number of fused-ring (bicyclic) bond motifs is 1. The second-order valence-electron chi connectivity index (χ2n) is 7.01. The summed E-state index contributed by atoms with van der Waals surface area (Å²) in [6.07, 6.45) is 1.81. The number of aromatic nitrogens is 4. The normalized spacial score (nSPS) is 11.0. The predicted molar refractivity (Wildman–Crippen MR) is 116 cm³/mol. The molecule has 148 valence electrons. The number of benzene rings is 2. The molecule has 0 saturated carbocycles. The third kappa shape index (κ3) is 4.13. The van der Waals surface area contributed by atoms with Crippen LogP contribution < -0.4 is 15.4 Å². The van der Waals surface area contributed by atoms with Crippen molar-refractivity contribution in [3.63, 3.8) is 0 Å². The summed E-state index contributed by atoms with van der Waals surface area (Å²) in [6.45, 7) is 4.84. The first-order valence-electron chi connectivity index (χ1n) is 9.57. The lowest BCUT2D eigenvalue weighted by molar-refractivity contribution is 0.414. The van der Waals surface area contributed by atoms with Crippen molar-refractivity contribution >= 4 is 28.6 Å². The quantitative estimate of drug-likeness (QED) is 0.475. The highest BCUT2D eigenvalue weighted by Crippen LogP contribution is 2.25. The third-order valence-electron chi connectivity index (χ3n) is 4.63. The van der Waals surface area contributed by atoms with E-state index in [4.69, 9.17) is 9.72 Å². The van der Waals surface area contributed by atoms with E-state index in [9.17, 15) is 0 Å². The first kappa shape index (κ1) is 18.7. The topological polar surface area (TPSA) is 76.9 Å². The lowest BCUT2D eigenvalue weighted by Crippen LogP contribution is -2.07. The minimum Gasteiger partial charge on any atom is -0.497 e. The van der Waals surface area contributed by atoms with Crippen LogP contribution in [0.2, 0.25) is 0 Å². The lowest BCUT2D eigenvalue weighted by atomic mass is 10.2. The van der Waals surface area contributed by atoms with E-state index in [1.807, 2.05) is 65.5 Å². The molecular weight excluding hydrogens is 364 g/mol. The predicted octanol–water partition coefficient (Wildman–Crippen LogP) is 4.77. The molecule has 7 heteroatoms. The van der Waals surface area contributed by atoms with Gasteiger partial charge in [-0.1, -0.05) is 30.3 Å². The Hall–Kier alpha value is -3.61. The van der Waals surface area contributed by atoms with E-state index in [0.717, 1.165) is 28.2 Å². The molecule has 2 aromatic carbocycles. The highest BCUT2D eigenvalue weighted by molar-refractivity contribution is 5.84. The summed E-state index contributed by atoms with van der Waals surface area (Å²) in [4.78, 5) is 14.0. The number of anilines is 3. The van der Waals surface area contributed by atoms with Gasteiger partial charge in [0.05, 0.1) is 13.4 Å². The second-order valence-corrected chi connectivity index (χ2v) is 7.01. The smallest absolute Gasteiger partial charge is 0.231 e. The van der Waals surface area contributed by atoms with Gasteiger partial charge in [-0.25, -0.2) is 4.98 Å². The molecule has 0 atom stereocenters. The Bertz CT molecular complexity index is 1090. The molecule has 2 heterocycles. The van der Waals surface area contributed by atoms with Crippen molar-refractivity contribution in [2.24, 2.45) is 0 Å². The van der Waals surface area contributed by atoms with Crippen molar-refractivity contribution in [1.82, 2.24) is 19.5 Å². The fraction of sp³-hybridized carbons (Fsp3) is 0.227. The van der Waals surface area contributed by atoms with Gasteiger partial charge in [0.1, 0.15) is 5.75 Å². The van der Waals surface area contributed by atoms with Gasteiger partial charge >= 0.3 is 0 Å². The number of nitrogens with one attached hydrogen (secondary N) is 2. The molecule has 4 aromatic rings. The van der Waals surface area contributed by atoms with E-state index >= 15 is 0 Å². The van der Waals surface area contributed by atoms with Crippen molar-refractivity contribution in [3.05, 3.63) is 66.5 Å². The van der Waals surface area contributed by atoms with Gasteiger partial charge in [0, 0.05) is 18.3 Å². The highest BCUT2D eigenvalue weighted by atomic mass is 16.5. The van der Waals surface area contributed by atoms with E-state index < -0.39 is 0 Å². The molecule has 29 heavy (non-hydrogen) atoms. The molecule has 0 aliphatic rings. The molecule has 0 saturated heterocycles. The number of hydrogen-bond acceptors (Lipinski definition) is 6. The average Bonchev–Trinajstić information content (AvgIpc) is 3.17. The van der Waals surface area contributed by atoms with Crippen molar-refractivity contribution in [2.75, 3.05) is 17.7 Å². The number of imidazole rings is 1. The monoisotopic (exact) mass is 388 g/mol. The zero-order chi connectivity index (χ0) is 20.2. The van der Waals surface area contributed by atoms with Gasteiger partial charge in [-0.2, -0.15) is 9.97 Å². The van der Waals surface area contributed by atoms with Crippen LogP contribution in [-0.2, 0) is 6.54 Å². The zero-order valence-corrected chi connectivity index (χ0v) is 16.8. The molecule has 0 unspecified atom stereocenters. The summed E-state index contributed by atoms with van der Waals surface area (Å²) < 4.78 is 7.27. The molecule has 2 N–H and O–H groups in total. The number of methoxy groups -OCH3 is 1. The largest absolute Gasteiger partial charge is 0.497 e. The van der Waals surface area contributed by atoms with E-state index in [-0.39, 0.29) is 6.04 Å². The first-order valence-corrected chi connectivity index (χ1v) is 9.57. The van der Waals surface area contributed by atoms with Gasteiger partial charge in [0.2, 0.25) is 5.95 Å². The number of para-hydroxylation sites is 1. The summed E-state index contributed by atoms with van der Waals surface area (Å²) in [5.41, 5.74) is 3.61. The fourth-order valence-corrected chi connectivity index (χ4v) is 3.05. The summed E-state index contributed by atoms with van der Waals surface area (Å²) in [6, 6.07) is 18.1. The summed E-state index contributed by atoms with van der Waals surface area (Å²) in [5.74, 6) is 2.06. The Morgan fingerprint density at radius 2 is 1.76 bits per heavy atom. The third-order valence-corrected chi connectivity index (χ3v) is 4.63. The van der Waals surface area contributed by atoms with E-state index in [1.165, 1.54) is 0 Å². The maximum Gasteiger partial charge on any atom is 0.231 e. The molecule has 0 bridgehead atoms. The maximum atomic E-state index is 5.23. The molecule has 0 amide bonds. The maximum absolute atomic E-state index is 5.23. The van der Waals surface area contributed by atoms with Crippen molar-refractivity contribution in [3.8, 4) is 5.75 Å². The van der Waals surface area contributed by atoms with Gasteiger partial charge in [-0.15, -0.1) is 0 Å². The van der Waals surface area contributed by atoms with Crippen molar-refractivity contribution < 1.29 is 4.74 Å². The number of ether oxygens (including phenoxy) is 1. The molecule has 0 fully saturated rings. The number of hydrogen-bond donors (Lipinski definition) is 2. The summed E-state index contributed by atoms with van der Waals surface area (Å²) in [5, 5.41) is 6.70. The molecule has 0 radical (unpaired) electrons. The molecule has 0 aliphatic carbocycles. The fourth-order valence-electron chi connectivity index (χ4n) is 3.05. The lowest BCUT2D eigenvalue weighted by Gasteiger charge is -2.12. The van der Waals surface area contributed by atoms with E-state index in [1.54, 1.807) is 7.11 Å². The van der Waals surface area contributed by atoms with Crippen LogP contribution in [0.5, 0.6) is 5.75 Å².